The van der Waals surface area contributed by atoms with Gasteiger partial charge in [-0.1, -0.05) is 17.7 Å². The number of aryl methyl sites for hydroxylation is 1. The fourth-order valence-corrected chi connectivity index (χ4v) is 2.60. The second-order valence-corrected chi connectivity index (χ2v) is 5.65. The van der Waals surface area contributed by atoms with Crippen LogP contribution in [0.2, 0.25) is 0 Å². The molecule has 0 amide bonds. The third-order valence-electron chi connectivity index (χ3n) is 2.17. The molecule has 94 valence electrons. The second-order valence-electron chi connectivity index (χ2n) is 3.93. The molecule has 0 aliphatic carbocycles. The van der Waals surface area contributed by atoms with Gasteiger partial charge in [0.15, 0.2) is 0 Å². The molecule has 1 aromatic rings. The van der Waals surface area contributed by atoms with Crippen LogP contribution in [0.5, 0.6) is 0 Å². The lowest BCUT2D eigenvalue weighted by Crippen LogP contribution is -2.34. The third-order valence-corrected chi connectivity index (χ3v) is 3.77. The quantitative estimate of drug-likeness (QED) is 0.828. The van der Waals surface area contributed by atoms with Crippen LogP contribution in [-0.4, -0.2) is 25.5 Å². The van der Waals surface area contributed by atoms with Crippen molar-refractivity contribution in [1.82, 2.24) is 4.72 Å². The van der Waals surface area contributed by atoms with E-state index in [4.69, 9.17) is 5.11 Å². The summed E-state index contributed by atoms with van der Waals surface area (Å²) in [6.45, 7) is 3.37. The third kappa shape index (κ3) is 4.16. The maximum Gasteiger partial charge on any atom is 0.304 e. The van der Waals surface area contributed by atoms with E-state index in [1.807, 2.05) is 6.92 Å². The van der Waals surface area contributed by atoms with Crippen LogP contribution in [-0.2, 0) is 14.8 Å². The Morgan fingerprint density at radius 1 is 1.35 bits per heavy atom. The summed E-state index contributed by atoms with van der Waals surface area (Å²) in [5.41, 5.74) is 0.961. The van der Waals surface area contributed by atoms with Gasteiger partial charge in [-0.15, -0.1) is 0 Å². The maximum absolute atomic E-state index is 11.8. The normalized spacial score (nSPS) is 13.3. The number of carboxylic acid groups (broad SMARTS) is 1. The number of carboxylic acids is 1. The fraction of sp³-hybridized carbons (Fsp3) is 0.364. The van der Waals surface area contributed by atoms with Crippen LogP contribution in [0.15, 0.2) is 29.2 Å². The van der Waals surface area contributed by atoms with E-state index in [0.29, 0.717) is 0 Å². The van der Waals surface area contributed by atoms with Crippen molar-refractivity contribution in [2.45, 2.75) is 31.2 Å². The molecular formula is C11H15NO4S. The first kappa shape index (κ1) is 13.7. The largest absolute Gasteiger partial charge is 0.481 e. The zero-order valence-corrected chi connectivity index (χ0v) is 10.5. The van der Waals surface area contributed by atoms with Crippen molar-refractivity contribution < 1.29 is 18.3 Å². The molecule has 0 aliphatic rings. The van der Waals surface area contributed by atoms with E-state index in [0.717, 1.165) is 5.56 Å². The van der Waals surface area contributed by atoms with E-state index >= 15 is 0 Å². The molecule has 0 saturated carbocycles. The Balaban J connectivity index is 2.82. The van der Waals surface area contributed by atoms with Gasteiger partial charge in [-0.2, -0.15) is 0 Å². The molecule has 1 atom stereocenters. The molecule has 0 aliphatic heterocycles. The van der Waals surface area contributed by atoms with Gasteiger partial charge in [0.1, 0.15) is 0 Å². The maximum atomic E-state index is 11.8. The molecule has 0 heterocycles. The zero-order chi connectivity index (χ0) is 13.1. The monoisotopic (exact) mass is 257 g/mol. The van der Waals surface area contributed by atoms with Crippen LogP contribution < -0.4 is 4.72 Å². The predicted molar refractivity (Wildman–Crippen MR) is 63.2 cm³/mol. The highest BCUT2D eigenvalue weighted by Crippen LogP contribution is 2.10. The number of hydrogen-bond donors (Lipinski definition) is 2. The molecule has 0 radical (unpaired) electrons. The Hall–Kier alpha value is -1.40. The summed E-state index contributed by atoms with van der Waals surface area (Å²) in [4.78, 5) is 10.6. The minimum atomic E-state index is -3.64. The molecule has 0 bridgehead atoms. The molecule has 1 aromatic carbocycles. The van der Waals surface area contributed by atoms with Crippen molar-refractivity contribution >= 4 is 16.0 Å². The minimum Gasteiger partial charge on any atom is -0.481 e. The van der Waals surface area contributed by atoms with Gasteiger partial charge in [-0.3, -0.25) is 4.79 Å². The van der Waals surface area contributed by atoms with Crippen LogP contribution in [0.1, 0.15) is 18.9 Å². The standard InChI is InChI=1S/C11H15NO4S/c1-8-3-5-10(6-4-8)17(15,16)12-9(2)7-11(13)14/h3-6,9,12H,7H2,1-2H3,(H,13,14). The second kappa shape index (κ2) is 5.29. The molecule has 2 N–H and O–H groups in total. The summed E-state index contributed by atoms with van der Waals surface area (Å²) in [6, 6.07) is 5.72. The van der Waals surface area contributed by atoms with E-state index in [2.05, 4.69) is 4.72 Å². The fourth-order valence-electron chi connectivity index (χ4n) is 1.35. The van der Waals surface area contributed by atoms with E-state index in [1.165, 1.54) is 19.1 Å². The molecule has 6 heteroatoms. The SMILES string of the molecule is Cc1ccc(S(=O)(=O)NC(C)CC(=O)O)cc1. The summed E-state index contributed by atoms with van der Waals surface area (Å²) in [5, 5.41) is 8.55. The highest BCUT2D eigenvalue weighted by Gasteiger charge is 2.18. The van der Waals surface area contributed by atoms with Crippen LogP contribution in [0.4, 0.5) is 0 Å². The summed E-state index contributed by atoms with van der Waals surface area (Å²) in [7, 11) is -3.64. The molecule has 0 aromatic heterocycles. The van der Waals surface area contributed by atoms with E-state index in [1.54, 1.807) is 12.1 Å². The van der Waals surface area contributed by atoms with E-state index in [9.17, 15) is 13.2 Å². The van der Waals surface area contributed by atoms with E-state index < -0.39 is 22.0 Å². The first-order valence-electron chi connectivity index (χ1n) is 5.12. The number of nitrogens with one attached hydrogen (secondary N) is 1. The highest BCUT2D eigenvalue weighted by molar-refractivity contribution is 7.89. The molecule has 17 heavy (non-hydrogen) atoms. The molecule has 0 saturated heterocycles. The molecule has 5 nitrogen and oxygen atoms in total. The smallest absolute Gasteiger partial charge is 0.304 e. The van der Waals surface area contributed by atoms with Crippen LogP contribution >= 0.6 is 0 Å². The Morgan fingerprint density at radius 3 is 2.35 bits per heavy atom. The van der Waals surface area contributed by atoms with Gasteiger partial charge < -0.3 is 5.11 Å². The Morgan fingerprint density at radius 2 is 1.88 bits per heavy atom. The molecule has 1 unspecified atom stereocenters. The summed E-state index contributed by atoms with van der Waals surface area (Å²) < 4.78 is 26.0. The van der Waals surface area contributed by atoms with Gasteiger partial charge in [-0.25, -0.2) is 13.1 Å². The van der Waals surface area contributed by atoms with Gasteiger partial charge in [0.05, 0.1) is 11.3 Å². The van der Waals surface area contributed by atoms with E-state index in [-0.39, 0.29) is 11.3 Å². The van der Waals surface area contributed by atoms with Crippen molar-refractivity contribution in [2.75, 3.05) is 0 Å². The first-order chi connectivity index (χ1) is 7.81. The number of carbonyl (C=O) groups is 1. The van der Waals surface area contributed by atoms with Crippen LogP contribution in [0.3, 0.4) is 0 Å². The lowest BCUT2D eigenvalue weighted by Gasteiger charge is -2.12. The molecular weight excluding hydrogens is 242 g/mol. The van der Waals surface area contributed by atoms with Crippen LogP contribution in [0.25, 0.3) is 0 Å². The number of hydrogen-bond acceptors (Lipinski definition) is 3. The lowest BCUT2D eigenvalue weighted by molar-refractivity contribution is -0.137. The van der Waals surface area contributed by atoms with Crippen LogP contribution in [0, 0.1) is 6.92 Å². The Kier molecular flexibility index (Phi) is 4.25. The van der Waals surface area contributed by atoms with Crippen molar-refractivity contribution in [1.29, 1.82) is 0 Å². The van der Waals surface area contributed by atoms with Gasteiger partial charge in [0.2, 0.25) is 10.0 Å². The topological polar surface area (TPSA) is 83.5 Å². The van der Waals surface area contributed by atoms with Crippen molar-refractivity contribution in [2.24, 2.45) is 0 Å². The average molecular weight is 257 g/mol. The highest BCUT2D eigenvalue weighted by atomic mass is 32.2. The van der Waals surface area contributed by atoms with Crippen molar-refractivity contribution in [3.05, 3.63) is 29.8 Å². The Labute approximate surface area is 101 Å². The number of benzene rings is 1. The zero-order valence-electron chi connectivity index (χ0n) is 9.67. The Bertz CT molecular complexity index is 493. The number of aliphatic carboxylic acids is 1. The molecule has 0 spiro atoms. The number of rotatable bonds is 5. The lowest BCUT2D eigenvalue weighted by atomic mass is 10.2. The summed E-state index contributed by atoms with van der Waals surface area (Å²) in [6.07, 6.45) is -0.245. The van der Waals surface area contributed by atoms with Crippen molar-refractivity contribution in [3.63, 3.8) is 0 Å². The predicted octanol–water partition coefficient (Wildman–Crippen LogP) is 1.14. The summed E-state index contributed by atoms with van der Waals surface area (Å²) >= 11 is 0. The molecule has 0 fully saturated rings. The minimum absolute atomic E-state index is 0.139. The average Bonchev–Trinajstić information content (AvgIpc) is 2.15. The van der Waals surface area contributed by atoms with Gasteiger partial charge >= 0.3 is 5.97 Å². The first-order valence-corrected chi connectivity index (χ1v) is 6.60. The molecule has 1 rings (SSSR count). The van der Waals surface area contributed by atoms with Gasteiger partial charge in [0.25, 0.3) is 0 Å². The van der Waals surface area contributed by atoms with Gasteiger partial charge in [0, 0.05) is 6.04 Å². The van der Waals surface area contributed by atoms with Gasteiger partial charge in [-0.05, 0) is 26.0 Å². The summed E-state index contributed by atoms with van der Waals surface area (Å²) in [5.74, 6) is -1.04. The van der Waals surface area contributed by atoms with Crippen molar-refractivity contribution in [3.8, 4) is 0 Å². The number of sulfonamides is 1.